The average Bonchev–Trinajstić information content (AvgIpc) is 2.68. The highest BCUT2D eigenvalue weighted by Gasteiger charge is 2.19. The molecule has 2 N–H and O–H groups in total. The van der Waals surface area contributed by atoms with Crippen LogP contribution in [0, 0.1) is 5.82 Å². The Labute approximate surface area is 168 Å². The molecule has 0 spiro atoms. The maximum atomic E-state index is 13.3. The number of piperidine rings is 1. The molecule has 1 unspecified atom stereocenters. The quantitative estimate of drug-likeness (QED) is 0.363. The Morgan fingerprint density at radius 1 is 1.36 bits per heavy atom. The Balaban J connectivity index is 1.77. The molecule has 0 amide bonds. The highest BCUT2D eigenvalue weighted by molar-refractivity contribution is 5.80. The molecule has 1 aliphatic rings. The van der Waals surface area contributed by atoms with Crippen molar-refractivity contribution in [1.29, 1.82) is 0 Å². The topological polar surface area (TPSA) is 58.1 Å². The van der Waals surface area contributed by atoms with E-state index >= 15 is 0 Å². The summed E-state index contributed by atoms with van der Waals surface area (Å²) in [5.41, 5.74) is 0. The van der Waals surface area contributed by atoms with Crippen LogP contribution in [0.3, 0.4) is 0 Å². The maximum absolute atomic E-state index is 13.3. The van der Waals surface area contributed by atoms with Crippen molar-refractivity contribution in [3.63, 3.8) is 0 Å². The molecule has 0 radical (unpaired) electrons. The predicted octanol–water partition coefficient (Wildman–Crippen LogP) is 2.65. The summed E-state index contributed by atoms with van der Waals surface area (Å²) in [7, 11) is 1.75. The number of methoxy groups -OCH3 is 1. The first kappa shape index (κ1) is 22.4. The van der Waals surface area contributed by atoms with E-state index in [0.29, 0.717) is 18.3 Å². The molecule has 7 heteroatoms. The van der Waals surface area contributed by atoms with Crippen molar-refractivity contribution >= 4 is 5.96 Å². The van der Waals surface area contributed by atoms with E-state index in [1.54, 1.807) is 19.2 Å². The lowest BCUT2D eigenvalue weighted by Gasteiger charge is -2.33. The van der Waals surface area contributed by atoms with E-state index in [2.05, 4.69) is 27.4 Å². The fourth-order valence-electron chi connectivity index (χ4n) is 3.28. The summed E-state index contributed by atoms with van der Waals surface area (Å²) >= 11 is 0. The number of ether oxygens (including phenoxy) is 2. The molecule has 0 aromatic heterocycles. The molecular formula is C21H35FN4O2. The fourth-order valence-corrected chi connectivity index (χ4v) is 3.28. The molecule has 2 rings (SSSR count). The predicted molar refractivity (Wildman–Crippen MR) is 112 cm³/mol. The van der Waals surface area contributed by atoms with Gasteiger partial charge in [-0.05, 0) is 45.2 Å². The number of benzene rings is 1. The zero-order chi connectivity index (χ0) is 20.2. The monoisotopic (exact) mass is 394 g/mol. The molecule has 1 saturated heterocycles. The minimum absolute atomic E-state index is 0.139. The number of rotatable bonds is 10. The van der Waals surface area contributed by atoms with Crippen LogP contribution in [0.5, 0.6) is 5.75 Å². The van der Waals surface area contributed by atoms with Gasteiger partial charge in [-0.2, -0.15) is 0 Å². The van der Waals surface area contributed by atoms with E-state index in [4.69, 9.17) is 9.47 Å². The van der Waals surface area contributed by atoms with Crippen molar-refractivity contribution < 1.29 is 13.9 Å². The van der Waals surface area contributed by atoms with Gasteiger partial charge in [0.25, 0.3) is 0 Å². The summed E-state index contributed by atoms with van der Waals surface area (Å²) in [5.74, 6) is 1.05. The van der Waals surface area contributed by atoms with Crippen LogP contribution in [0.1, 0.15) is 33.1 Å². The molecule has 1 aromatic rings. The first-order valence-electron chi connectivity index (χ1n) is 10.3. The number of hydrogen-bond acceptors (Lipinski definition) is 4. The number of guanidine groups is 1. The molecule has 0 aliphatic carbocycles. The van der Waals surface area contributed by atoms with E-state index in [-0.39, 0.29) is 11.9 Å². The van der Waals surface area contributed by atoms with Crippen molar-refractivity contribution in [2.24, 2.45) is 4.99 Å². The first-order valence-corrected chi connectivity index (χ1v) is 10.3. The van der Waals surface area contributed by atoms with E-state index < -0.39 is 0 Å². The third-order valence-electron chi connectivity index (χ3n) is 4.74. The summed E-state index contributed by atoms with van der Waals surface area (Å²) < 4.78 is 24.2. The van der Waals surface area contributed by atoms with Crippen LogP contribution < -0.4 is 15.4 Å². The Bertz CT molecular complexity index is 592. The van der Waals surface area contributed by atoms with Gasteiger partial charge >= 0.3 is 0 Å². The second-order valence-electron chi connectivity index (χ2n) is 7.21. The molecular weight excluding hydrogens is 359 g/mol. The highest BCUT2D eigenvalue weighted by Crippen LogP contribution is 2.14. The van der Waals surface area contributed by atoms with Gasteiger partial charge in [0.15, 0.2) is 5.96 Å². The lowest BCUT2D eigenvalue weighted by Crippen LogP contribution is -2.49. The van der Waals surface area contributed by atoms with Crippen molar-refractivity contribution in [2.75, 3.05) is 46.4 Å². The van der Waals surface area contributed by atoms with Crippen molar-refractivity contribution in [2.45, 2.75) is 45.3 Å². The molecule has 1 heterocycles. The smallest absolute Gasteiger partial charge is 0.191 e. The number of nitrogens with zero attached hydrogens (tertiary/aromatic N) is 2. The SMILES string of the molecule is CCNC(=NCC(C)Oc1cccc(F)c1)NC1CCN(CCCOC)CC1. The van der Waals surface area contributed by atoms with Gasteiger partial charge in [0.2, 0.25) is 0 Å². The zero-order valence-corrected chi connectivity index (χ0v) is 17.4. The van der Waals surface area contributed by atoms with Gasteiger partial charge in [0, 0.05) is 52.0 Å². The molecule has 1 aromatic carbocycles. The van der Waals surface area contributed by atoms with Crippen molar-refractivity contribution in [1.82, 2.24) is 15.5 Å². The van der Waals surface area contributed by atoms with Gasteiger partial charge in [-0.25, -0.2) is 9.38 Å². The fraction of sp³-hybridized carbons (Fsp3) is 0.667. The number of hydrogen-bond donors (Lipinski definition) is 2. The number of aliphatic imine (C=N–C) groups is 1. The number of nitrogens with one attached hydrogen (secondary N) is 2. The summed E-state index contributed by atoms with van der Waals surface area (Å²) in [5, 5.41) is 6.85. The van der Waals surface area contributed by atoms with Crippen molar-refractivity contribution in [3.8, 4) is 5.75 Å². The Morgan fingerprint density at radius 2 is 2.14 bits per heavy atom. The third kappa shape index (κ3) is 8.44. The Morgan fingerprint density at radius 3 is 2.82 bits per heavy atom. The molecule has 1 fully saturated rings. The second kappa shape index (κ2) is 12.6. The summed E-state index contributed by atoms with van der Waals surface area (Å²) in [6.45, 7) is 9.43. The van der Waals surface area contributed by atoms with Crippen LogP contribution in [0.25, 0.3) is 0 Å². The molecule has 0 bridgehead atoms. The van der Waals surface area contributed by atoms with Gasteiger partial charge in [-0.15, -0.1) is 0 Å². The van der Waals surface area contributed by atoms with E-state index in [0.717, 1.165) is 58.0 Å². The minimum atomic E-state index is -0.295. The van der Waals surface area contributed by atoms with Crippen LogP contribution >= 0.6 is 0 Å². The lowest BCUT2D eigenvalue weighted by atomic mass is 10.1. The minimum Gasteiger partial charge on any atom is -0.489 e. The number of likely N-dealkylation sites (tertiary alicyclic amines) is 1. The summed E-state index contributed by atoms with van der Waals surface area (Å²) in [4.78, 5) is 7.15. The average molecular weight is 395 g/mol. The van der Waals surface area contributed by atoms with Gasteiger partial charge in [-0.3, -0.25) is 0 Å². The number of halogens is 1. The van der Waals surface area contributed by atoms with Crippen LogP contribution in [0.2, 0.25) is 0 Å². The summed E-state index contributed by atoms with van der Waals surface area (Å²) in [6, 6.07) is 6.63. The third-order valence-corrected chi connectivity index (χ3v) is 4.74. The zero-order valence-electron chi connectivity index (χ0n) is 17.4. The van der Waals surface area contributed by atoms with Gasteiger partial charge in [-0.1, -0.05) is 6.07 Å². The van der Waals surface area contributed by atoms with Crippen molar-refractivity contribution in [3.05, 3.63) is 30.1 Å². The highest BCUT2D eigenvalue weighted by atomic mass is 19.1. The molecule has 1 aliphatic heterocycles. The Kier molecular flexibility index (Phi) is 10.1. The first-order chi connectivity index (χ1) is 13.6. The standard InChI is InChI=1S/C21H35FN4O2/c1-4-23-21(24-16-17(2)28-20-8-5-7-18(22)15-20)25-19-9-12-26(13-10-19)11-6-14-27-3/h5,7-8,15,17,19H,4,6,9-14,16H2,1-3H3,(H2,23,24,25). The second-order valence-corrected chi connectivity index (χ2v) is 7.21. The van der Waals surface area contributed by atoms with Crippen LogP contribution in [0.4, 0.5) is 4.39 Å². The Hall–Kier alpha value is -1.86. The molecule has 158 valence electrons. The normalized spacial score (nSPS) is 17.4. The van der Waals surface area contributed by atoms with Gasteiger partial charge < -0.3 is 25.0 Å². The molecule has 0 saturated carbocycles. The molecule has 28 heavy (non-hydrogen) atoms. The van der Waals surface area contributed by atoms with E-state index in [1.807, 2.05) is 6.92 Å². The van der Waals surface area contributed by atoms with E-state index in [1.165, 1.54) is 12.1 Å². The van der Waals surface area contributed by atoms with Crippen LogP contribution in [-0.2, 0) is 4.74 Å². The van der Waals surface area contributed by atoms with Crippen LogP contribution in [-0.4, -0.2) is 69.4 Å². The largest absolute Gasteiger partial charge is 0.489 e. The van der Waals surface area contributed by atoms with Crippen LogP contribution in [0.15, 0.2) is 29.3 Å². The lowest BCUT2D eigenvalue weighted by molar-refractivity contribution is 0.155. The van der Waals surface area contributed by atoms with E-state index in [9.17, 15) is 4.39 Å². The summed E-state index contributed by atoms with van der Waals surface area (Å²) in [6.07, 6.45) is 3.15. The van der Waals surface area contributed by atoms with Gasteiger partial charge in [0.05, 0.1) is 6.54 Å². The molecule has 1 atom stereocenters. The van der Waals surface area contributed by atoms with Gasteiger partial charge in [0.1, 0.15) is 17.7 Å². The maximum Gasteiger partial charge on any atom is 0.191 e. The molecule has 6 nitrogen and oxygen atoms in total.